The van der Waals surface area contributed by atoms with Gasteiger partial charge in [-0.25, -0.2) is 4.98 Å². The summed E-state index contributed by atoms with van der Waals surface area (Å²) >= 11 is 6.31. The molecule has 1 aliphatic rings. The number of fused-ring (bicyclic) bond motifs is 1. The number of hydrogen-bond donors (Lipinski definition) is 1. The second-order valence-electron chi connectivity index (χ2n) is 8.64. The number of pyridine rings is 1. The van der Waals surface area contributed by atoms with Gasteiger partial charge in [-0.3, -0.25) is 4.79 Å². The maximum Gasteiger partial charge on any atom is 0.252 e. The van der Waals surface area contributed by atoms with Crippen LogP contribution in [0.15, 0.2) is 77.1 Å². The normalized spacial score (nSPS) is 14.8. The van der Waals surface area contributed by atoms with Gasteiger partial charge in [-0.1, -0.05) is 35.0 Å². The molecular formula is C26H21ClN8O2. The van der Waals surface area contributed by atoms with Gasteiger partial charge in [-0.15, -0.1) is 5.10 Å². The highest BCUT2D eigenvalue weighted by Crippen LogP contribution is 2.34. The minimum absolute atomic E-state index is 0.103. The van der Waals surface area contributed by atoms with Crippen LogP contribution < -0.4 is 5.56 Å². The fourth-order valence-corrected chi connectivity index (χ4v) is 4.95. The summed E-state index contributed by atoms with van der Waals surface area (Å²) in [4.78, 5) is 26.2. The Balaban J connectivity index is 1.35. The highest BCUT2D eigenvalue weighted by molar-refractivity contribution is 6.31. The first-order valence-electron chi connectivity index (χ1n) is 11.6. The van der Waals surface area contributed by atoms with Crippen molar-refractivity contribution in [1.82, 2.24) is 34.7 Å². The first-order chi connectivity index (χ1) is 18.1. The quantitative estimate of drug-likeness (QED) is 0.271. The SMILES string of the molecule is CON=Cc1cccc(-c2cnc([C@@H]3CCc4cc(-c5cc(Cl)ccc5-n5cnnn5)cc(=O)n43)[nH]2)c1. The van der Waals surface area contributed by atoms with Crippen LogP contribution in [0.25, 0.3) is 28.1 Å². The van der Waals surface area contributed by atoms with Crippen molar-refractivity contribution in [2.45, 2.75) is 18.9 Å². The first-order valence-corrected chi connectivity index (χ1v) is 12.0. The third kappa shape index (κ3) is 4.31. The van der Waals surface area contributed by atoms with Crippen molar-refractivity contribution < 1.29 is 4.84 Å². The molecule has 11 heteroatoms. The third-order valence-electron chi connectivity index (χ3n) is 6.41. The van der Waals surface area contributed by atoms with Crippen molar-refractivity contribution in [3.63, 3.8) is 0 Å². The molecule has 0 saturated heterocycles. The van der Waals surface area contributed by atoms with Crippen molar-refractivity contribution in [2.24, 2.45) is 5.16 Å². The largest absolute Gasteiger partial charge is 0.399 e. The van der Waals surface area contributed by atoms with E-state index in [1.54, 1.807) is 29.2 Å². The molecular weight excluding hydrogens is 492 g/mol. The number of nitrogens with zero attached hydrogens (tertiary/aromatic N) is 7. The van der Waals surface area contributed by atoms with Gasteiger partial charge < -0.3 is 14.4 Å². The zero-order valence-corrected chi connectivity index (χ0v) is 20.5. The summed E-state index contributed by atoms with van der Waals surface area (Å²) < 4.78 is 3.37. The van der Waals surface area contributed by atoms with E-state index in [1.165, 1.54) is 13.4 Å². The van der Waals surface area contributed by atoms with E-state index < -0.39 is 0 Å². The van der Waals surface area contributed by atoms with Crippen LogP contribution in [0.4, 0.5) is 0 Å². The topological polar surface area (TPSA) is 116 Å². The highest BCUT2D eigenvalue weighted by Gasteiger charge is 2.28. The molecule has 0 aliphatic carbocycles. The van der Waals surface area contributed by atoms with Gasteiger partial charge in [-0.05, 0) is 64.7 Å². The molecule has 0 spiro atoms. The summed E-state index contributed by atoms with van der Waals surface area (Å²) in [5.74, 6) is 0.747. The Labute approximate surface area is 216 Å². The van der Waals surface area contributed by atoms with Crippen LogP contribution in [0, 0.1) is 0 Å². The van der Waals surface area contributed by atoms with Crippen LogP contribution in [-0.2, 0) is 11.3 Å². The van der Waals surface area contributed by atoms with Crippen LogP contribution >= 0.6 is 11.6 Å². The number of oxime groups is 1. The number of hydrogen-bond acceptors (Lipinski definition) is 7. The number of tetrazole rings is 1. The van der Waals surface area contributed by atoms with Gasteiger partial charge in [0.2, 0.25) is 0 Å². The summed E-state index contributed by atoms with van der Waals surface area (Å²) in [5.41, 5.74) is 5.86. The molecule has 0 bridgehead atoms. The van der Waals surface area contributed by atoms with Crippen molar-refractivity contribution in [1.29, 1.82) is 0 Å². The lowest BCUT2D eigenvalue weighted by Gasteiger charge is -2.15. The van der Waals surface area contributed by atoms with E-state index >= 15 is 0 Å². The van der Waals surface area contributed by atoms with E-state index in [2.05, 4.69) is 30.6 Å². The lowest BCUT2D eigenvalue weighted by atomic mass is 10.0. The van der Waals surface area contributed by atoms with Gasteiger partial charge >= 0.3 is 0 Å². The molecule has 1 N–H and O–H groups in total. The number of aromatic nitrogens is 7. The molecule has 6 rings (SSSR count). The number of imidazole rings is 1. The average Bonchev–Trinajstić information content (AvgIpc) is 3.68. The Morgan fingerprint density at radius 1 is 1.16 bits per heavy atom. The number of aromatic amines is 1. The van der Waals surface area contributed by atoms with E-state index in [4.69, 9.17) is 16.4 Å². The van der Waals surface area contributed by atoms with E-state index in [9.17, 15) is 4.79 Å². The van der Waals surface area contributed by atoms with Gasteiger partial charge in [0.1, 0.15) is 19.3 Å². The van der Waals surface area contributed by atoms with Crippen LogP contribution in [0.3, 0.4) is 0 Å². The van der Waals surface area contributed by atoms with E-state index in [0.29, 0.717) is 5.02 Å². The molecule has 10 nitrogen and oxygen atoms in total. The molecule has 1 aliphatic heterocycles. The van der Waals surface area contributed by atoms with Crippen LogP contribution in [0.2, 0.25) is 5.02 Å². The van der Waals surface area contributed by atoms with Gasteiger partial charge in [0.05, 0.1) is 29.8 Å². The number of H-pyrrole nitrogens is 1. The van der Waals surface area contributed by atoms with Gasteiger partial charge in [-0.2, -0.15) is 4.68 Å². The zero-order chi connectivity index (χ0) is 25.4. The lowest BCUT2D eigenvalue weighted by Crippen LogP contribution is -2.23. The van der Waals surface area contributed by atoms with Crippen molar-refractivity contribution in [3.05, 3.63) is 99.6 Å². The summed E-state index contributed by atoms with van der Waals surface area (Å²) in [7, 11) is 1.51. The molecule has 184 valence electrons. The Kier molecular flexibility index (Phi) is 5.85. The maximum absolute atomic E-state index is 13.4. The van der Waals surface area contributed by atoms with Gasteiger partial charge in [0, 0.05) is 27.9 Å². The van der Waals surface area contributed by atoms with Crippen molar-refractivity contribution >= 4 is 17.8 Å². The molecule has 3 aromatic heterocycles. The van der Waals surface area contributed by atoms with E-state index in [1.807, 2.05) is 47.0 Å². The van der Waals surface area contributed by atoms with Gasteiger partial charge in [0.25, 0.3) is 5.56 Å². The molecule has 0 fully saturated rings. The number of rotatable bonds is 6. The second kappa shape index (κ2) is 9.47. The van der Waals surface area contributed by atoms with Gasteiger partial charge in [0.15, 0.2) is 0 Å². The summed E-state index contributed by atoms with van der Waals surface area (Å²) in [6, 6.07) is 16.8. The lowest BCUT2D eigenvalue weighted by molar-refractivity contribution is 0.215. The summed E-state index contributed by atoms with van der Waals surface area (Å²) in [6.45, 7) is 0. The molecule has 4 heterocycles. The van der Waals surface area contributed by atoms with Crippen molar-refractivity contribution in [3.8, 4) is 28.1 Å². The second-order valence-corrected chi connectivity index (χ2v) is 9.08. The Hall–Kier alpha value is -4.57. The minimum atomic E-state index is -0.179. The molecule has 0 saturated carbocycles. The smallest absolute Gasteiger partial charge is 0.252 e. The molecule has 0 radical (unpaired) electrons. The third-order valence-corrected chi connectivity index (χ3v) is 6.65. The fourth-order valence-electron chi connectivity index (χ4n) is 4.77. The summed E-state index contributed by atoms with van der Waals surface area (Å²) in [5, 5.41) is 15.8. The first kappa shape index (κ1) is 22.9. The summed E-state index contributed by atoms with van der Waals surface area (Å²) in [6.07, 6.45) is 6.46. The Bertz CT molecular complexity index is 1670. The molecule has 0 unspecified atom stereocenters. The number of halogens is 1. The van der Waals surface area contributed by atoms with Crippen molar-refractivity contribution in [2.75, 3.05) is 7.11 Å². The van der Waals surface area contributed by atoms with Crippen LogP contribution in [0.5, 0.6) is 0 Å². The molecule has 5 aromatic rings. The molecule has 0 amide bonds. The predicted molar refractivity (Wildman–Crippen MR) is 139 cm³/mol. The Morgan fingerprint density at radius 3 is 2.92 bits per heavy atom. The highest BCUT2D eigenvalue weighted by atomic mass is 35.5. The average molecular weight is 513 g/mol. The molecule has 1 atom stereocenters. The van der Waals surface area contributed by atoms with Crippen LogP contribution in [-0.4, -0.2) is 48.1 Å². The zero-order valence-electron chi connectivity index (χ0n) is 19.7. The van der Waals surface area contributed by atoms with E-state index in [0.717, 1.165) is 58.0 Å². The maximum atomic E-state index is 13.4. The standard InChI is InChI=1S/C26H21ClN8O2/c1-37-30-13-16-3-2-4-17(9-16)22-14-28-26(31-22)24-8-6-20-10-18(11-25(36)35(20)24)21-12-19(27)5-7-23(21)34-15-29-32-33-34/h2-5,7,9-15,24H,6,8H2,1H3,(H,28,31)/t24-/m0/s1. The predicted octanol–water partition coefficient (Wildman–Crippen LogP) is 4.05. The van der Waals surface area contributed by atoms with E-state index in [-0.39, 0.29) is 11.6 Å². The molecule has 37 heavy (non-hydrogen) atoms. The molecule has 2 aromatic carbocycles. The monoisotopic (exact) mass is 512 g/mol. The van der Waals surface area contributed by atoms with Crippen LogP contribution in [0.1, 0.15) is 29.5 Å². The Morgan fingerprint density at radius 2 is 2.08 bits per heavy atom. The number of nitrogens with one attached hydrogen (secondary N) is 1. The minimum Gasteiger partial charge on any atom is -0.399 e. The number of benzene rings is 2. The number of aryl methyl sites for hydroxylation is 1. The fraction of sp³-hybridized carbons (Fsp3) is 0.154.